The highest BCUT2D eigenvalue weighted by Gasteiger charge is 2.25. The summed E-state index contributed by atoms with van der Waals surface area (Å²) in [4.78, 5) is 26.2. The number of allylic oxidation sites excluding steroid dienone is 1. The summed E-state index contributed by atoms with van der Waals surface area (Å²) in [5.74, 6) is -0.509. The third-order valence-electron chi connectivity index (χ3n) is 5.41. The molecule has 0 aliphatic rings. The summed E-state index contributed by atoms with van der Waals surface area (Å²) >= 11 is 0. The first-order valence-electron chi connectivity index (χ1n) is 9.99. The Hall–Kier alpha value is -3.78. The first kappa shape index (κ1) is 19.5. The molecule has 4 aromatic rings. The highest BCUT2D eigenvalue weighted by molar-refractivity contribution is 6.11. The van der Waals surface area contributed by atoms with Crippen LogP contribution in [0, 0.1) is 0 Å². The van der Waals surface area contributed by atoms with E-state index in [9.17, 15) is 9.59 Å². The average molecular weight is 390 g/mol. The summed E-state index contributed by atoms with van der Waals surface area (Å²) in [6.45, 7) is 4.13. The van der Waals surface area contributed by atoms with Gasteiger partial charge in [0.2, 0.25) is 0 Å². The molecule has 0 bridgehead atoms. The van der Waals surface area contributed by atoms with Crippen LogP contribution >= 0.6 is 0 Å². The minimum absolute atomic E-state index is 0.00286. The fourth-order valence-corrected chi connectivity index (χ4v) is 3.73. The first-order chi connectivity index (χ1) is 14.6. The van der Waals surface area contributed by atoms with Crippen molar-refractivity contribution in [3.8, 4) is 0 Å². The van der Waals surface area contributed by atoms with Crippen LogP contribution in [-0.2, 0) is 0 Å². The van der Waals surface area contributed by atoms with Gasteiger partial charge in [-0.25, -0.2) is 0 Å². The molecule has 0 heterocycles. The molecule has 0 fully saturated rings. The molecule has 0 saturated carbocycles. The fraction of sp³-hybridized carbons (Fsp3) is 0.0714. The molecule has 4 rings (SSSR count). The predicted molar refractivity (Wildman–Crippen MR) is 122 cm³/mol. The van der Waals surface area contributed by atoms with E-state index in [0.717, 1.165) is 16.3 Å². The van der Waals surface area contributed by atoms with Gasteiger partial charge < -0.3 is 0 Å². The van der Waals surface area contributed by atoms with Gasteiger partial charge in [0.15, 0.2) is 11.6 Å². The molecule has 0 radical (unpaired) electrons. The highest BCUT2D eigenvalue weighted by Crippen LogP contribution is 2.31. The number of hydrogen-bond acceptors (Lipinski definition) is 2. The van der Waals surface area contributed by atoms with E-state index in [-0.39, 0.29) is 23.9 Å². The Labute approximate surface area is 176 Å². The Morgan fingerprint density at radius 1 is 0.667 bits per heavy atom. The standard InChI is InChI=1S/C28H22O2/c1-20(28(30)25-17-16-21-10-8-9-15-24(21)18-25)26(22-11-4-2-5-12-22)19-27(29)23-13-6-3-7-14-23/h2-18,26H,1,19H2. The number of fused-ring (bicyclic) bond motifs is 1. The molecular weight excluding hydrogens is 368 g/mol. The summed E-state index contributed by atoms with van der Waals surface area (Å²) in [5.41, 5.74) is 2.58. The van der Waals surface area contributed by atoms with E-state index in [1.807, 2.05) is 91.0 Å². The lowest BCUT2D eigenvalue weighted by molar-refractivity contribution is 0.0972. The number of benzene rings is 4. The van der Waals surface area contributed by atoms with Crippen LogP contribution in [0.5, 0.6) is 0 Å². The zero-order valence-electron chi connectivity index (χ0n) is 16.6. The third kappa shape index (κ3) is 4.13. The van der Waals surface area contributed by atoms with Crippen LogP contribution in [0.15, 0.2) is 115 Å². The fourth-order valence-electron chi connectivity index (χ4n) is 3.73. The predicted octanol–water partition coefficient (Wildman–Crippen LogP) is 6.64. The summed E-state index contributed by atoms with van der Waals surface area (Å²) < 4.78 is 0. The van der Waals surface area contributed by atoms with Gasteiger partial charge in [0.1, 0.15) is 0 Å². The van der Waals surface area contributed by atoms with Crippen molar-refractivity contribution < 1.29 is 9.59 Å². The lowest BCUT2D eigenvalue weighted by Crippen LogP contribution is -2.15. The van der Waals surface area contributed by atoms with Gasteiger partial charge in [-0.3, -0.25) is 9.59 Å². The Kier molecular flexibility index (Phi) is 5.67. The van der Waals surface area contributed by atoms with Gasteiger partial charge in [0, 0.05) is 29.0 Å². The van der Waals surface area contributed by atoms with E-state index < -0.39 is 0 Å². The Morgan fingerprint density at radius 2 is 1.27 bits per heavy atom. The topological polar surface area (TPSA) is 34.1 Å². The molecule has 0 aromatic heterocycles. The van der Waals surface area contributed by atoms with E-state index in [1.54, 1.807) is 12.1 Å². The molecule has 1 unspecified atom stereocenters. The number of rotatable bonds is 7. The SMILES string of the molecule is C=C(C(=O)c1ccc2ccccc2c1)C(CC(=O)c1ccccc1)c1ccccc1. The molecule has 0 N–H and O–H groups in total. The highest BCUT2D eigenvalue weighted by atomic mass is 16.1. The molecule has 0 amide bonds. The van der Waals surface area contributed by atoms with Gasteiger partial charge in [-0.2, -0.15) is 0 Å². The molecule has 2 heteroatoms. The smallest absolute Gasteiger partial charge is 0.189 e. The summed E-state index contributed by atoms with van der Waals surface area (Å²) in [7, 11) is 0. The van der Waals surface area contributed by atoms with Gasteiger partial charge in [0.25, 0.3) is 0 Å². The maximum absolute atomic E-state index is 13.3. The zero-order chi connectivity index (χ0) is 20.9. The van der Waals surface area contributed by atoms with Crippen LogP contribution in [-0.4, -0.2) is 11.6 Å². The summed E-state index contributed by atoms with van der Waals surface area (Å²) in [6.07, 6.45) is 0.201. The minimum atomic E-state index is -0.377. The maximum atomic E-state index is 13.3. The summed E-state index contributed by atoms with van der Waals surface area (Å²) in [5, 5.41) is 2.09. The van der Waals surface area contributed by atoms with Crippen molar-refractivity contribution in [2.24, 2.45) is 0 Å². The second-order valence-corrected chi connectivity index (χ2v) is 7.37. The first-order valence-corrected chi connectivity index (χ1v) is 9.99. The molecule has 30 heavy (non-hydrogen) atoms. The zero-order valence-corrected chi connectivity index (χ0v) is 16.6. The Balaban J connectivity index is 1.66. The van der Waals surface area contributed by atoms with E-state index in [0.29, 0.717) is 16.7 Å². The van der Waals surface area contributed by atoms with Crippen LogP contribution < -0.4 is 0 Å². The number of Topliss-reactive ketones (excluding diaryl/α,β-unsaturated/α-hetero) is 2. The lowest BCUT2D eigenvalue weighted by Gasteiger charge is -2.19. The number of hydrogen-bond donors (Lipinski definition) is 0. The molecule has 1 atom stereocenters. The van der Waals surface area contributed by atoms with Crippen molar-refractivity contribution >= 4 is 22.3 Å². The molecule has 2 nitrogen and oxygen atoms in total. The molecular formula is C28H22O2. The van der Waals surface area contributed by atoms with Crippen LogP contribution in [0.4, 0.5) is 0 Å². The van der Waals surface area contributed by atoms with E-state index in [2.05, 4.69) is 6.58 Å². The van der Waals surface area contributed by atoms with Gasteiger partial charge in [-0.05, 0) is 22.4 Å². The molecule has 4 aromatic carbocycles. The van der Waals surface area contributed by atoms with Crippen molar-refractivity contribution in [2.75, 3.05) is 0 Å². The Morgan fingerprint density at radius 3 is 1.97 bits per heavy atom. The normalized spacial score (nSPS) is 11.7. The second-order valence-electron chi connectivity index (χ2n) is 7.37. The van der Waals surface area contributed by atoms with Crippen LogP contribution in [0.25, 0.3) is 10.8 Å². The monoisotopic (exact) mass is 390 g/mol. The minimum Gasteiger partial charge on any atom is -0.294 e. The molecule has 146 valence electrons. The van der Waals surface area contributed by atoms with Crippen LogP contribution in [0.1, 0.15) is 38.6 Å². The number of carbonyl (C=O) groups excluding carboxylic acids is 2. The van der Waals surface area contributed by atoms with Crippen molar-refractivity contribution in [3.05, 3.63) is 132 Å². The molecule has 0 spiro atoms. The van der Waals surface area contributed by atoms with Crippen molar-refractivity contribution in [1.29, 1.82) is 0 Å². The van der Waals surface area contributed by atoms with Crippen LogP contribution in [0.2, 0.25) is 0 Å². The Bertz CT molecular complexity index is 1210. The number of carbonyl (C=O) groups is 2. The van der Waals surface area contributed by atoms with E-state index in [1.165, 1.54) is 0 Å². The van der Waals surface area contributed by atoms with Gasteiger partial charge in [0.05, 0.1) is 0 Å². The van der Waals surface area contributed by atoms with Gasteiger partial charge >= 0.3 is 0 Å². The van der Waals surface area contributed by atoms with E-state index in [4.69, 9.17) is 0 Å². The summed E-state index contributed by atoms with van der Waals surface area (Å²) in [6, 6.07) is 32.4. The van der Waals surface area contributed by atoms with Crippen molar-refractivity contribution in [2.45, 2.75) is 12.3 Å². The second kappa shape index (κ2) is 8.71. The number of ketones is 2. The van der Waals surface area contributed by atoms with Gasteiger partial charge in [-0.15, -0.1) is 0 Å². The van der Waals surface area contributed by atoms with Crippen molar-refractivity contribution in [3.63, 3.8) is 0 Å². The lowest BCUT2D eigenvalue weighted by atomic mass is 9.83. The third-order valence-corrected chi connectivity index (χ3v) is 5.41. The van der Waals surface area contributed by atoms with E-state index >= 15 is 0 Å². The average Bonchev–Trinajstić information content (AvgIpc) is 2.82. The molecule has 0 aliphatic carbocycles. The van der Waals surface area contributed by atoms with Gasteiger partial charge in [-0.1, -0.05) is 104 Å². The maximum Gasteiger partial charge on any atom is 0.189 e. The quantitative estimate of drug-likeness (QED) is 0.262. The van der Waals surface area contributed by atoms with Crippen LogP contribution in [0.3, 0.4) is 0 Å². The molecule has 0 saturated heterocycles. The largest absolute Gasteiger partial charge is 0.294 e. The molecule has 0 aliphatic heterocycles. The van der Waals surface area contributed by atoms with Crippen molar-refractivity contribution in [1.82, 2.24) is 0 Å².